The summed E-state index contributed by atoms with van der Waals surface area (Å²) in [5, 5.41) is 11.5. The maximum absolute atomic E-state index is 5.65. The molecular formula is C12H21N3O2. The molecule has 1 aromatic heterocycles. The Morgan fingerprint density at radius 2 is 2.18 bits per heavy atom. The topological polar surface area (TPSA) is 60.2 Å². The first kappa shape index (κ1) is 12.5. The third-order valence-corrected chi connectivity index (χ3v) is 2.76. The lowest BCUT2D eigenvalue weighted by molar-refractivity contribution is 0.0720. The molecule has 0 radical (unpaired) electrons. The maximum atomic E-state index is 5.65. The van der Waals surface area contributed by atoms with Crippen LogP contribution in [0.15, 0.2) is 4.42 Å². The van der Waals surface area contributed by atoms with E-state index in [1.165, 1.54) is 0 Å². The van der Waals surface area contributed by atoms with Crippen molar-refractivity contribution >= 4 is 0 Å². The summed E-state index contributed by atoms with van der Waals surface area (Å²) in [6.07, 6.45) is 2.15. The SMILES string of the molecule is CC(C)(C)NCc1nnc(C2CCCOC2)o1. The van der Waals surface area contributed by atoms with E-state index in [1.54, 1.807) is 0 Å². The molecule has 0 saturated carbocycles. The Labute approximate surface area is 102 Å². The highest BCUT2D eigenvalue weighted by Crippen LogP contribution is 2.24. The largest absolute Gasteiger partial charge is 0.423 e. The summed E-state index contributed by atoms with van der Waals surface area (Å²) >= 11 is 0. The minimum absolute atomic E-state index is 0.0581. The molecule has 1 aromatic rings. The quantitative estimate of drug-likeness (QED) is 0.872. The van der Waals surface area contributed by atoms with Crippen LogP contribution in [0.3, 0.4) is 0 Å². The van der Waals surface area contributed by atoms with Gasteiger partial charge in [-0.05, 0) is 33.6 Å². The molecule has 1 atom stereocenters. The first-order valence-electron chi connectivity index (χ1n) is 6.20. The zero-order valence-electron chi connectivity index (χ0n) is 10.8. The van der Waals surface area contributed by atoms with Gasteiger partial charge in [0.25, 0.3) is 0 Å². The molecule has 0 aromatic carbocycles. The Morgan fingerprint density at radius 1 is 1.35 bits per heavy atom. The van der Waals surface area contributed by atoms with Gasteiger partial charge in [0.15, 0.2) is 0 Å². The molecule has 1 N–H and O–H groups in total. The van der Waals surface area contributed by atoms with Crippen molar-refractivity contribution in [3.63, 3.8) is 0 Å². The number of hydrogen-bond acceptors (Lipinski definition) is 5. The first-order valence-corrected chi connectivity index (χ1v) is 6.20. The van der Waals surface area contributed by atoms with E-state index in [0.29, 0.717) is 19.0 Å². The van der Waals surface area contributed by atoms with Gasteiger partial charge in [-0.25, -0.2) is 0 Å². The van der Waals surface area contributed by atoms with Crippen molar-refractivity contribution in [2.24, 2.45) is 0 Å². The molecule has 1 saturated heterocycles. The molecule has 1 unspecified atom stereocenters. The number of ether oxygens (including phenoxy) is 1. The molecule has 0 aliphatic carbocycles. The van der Waals surface area contributed by atoms with Crippen LogP contribution in [-0.2, 0) is 11.3 Å². The zero-order valence-corrected chi connectivity index (χ0v) is 10.8. The van der Waals surface area contributed by atoms with Crippen LogP contribution in [0.2, 0.25) is 0 Å². The molecule has 5 nitrogen and oxygen atoms in total. The number of aromatic nitrogens is 2. The monoisotopic (exact) mass is 239 g/mol. The van der Waals surface area contributed by atoms with Crippen molar-refractivity contribution in [3.8, 4) is 0 Å². The van der Waals surface area contributed by atoms with Crippen molar-refractivity contribution in [1.82, 2.24) is 15.5 Å². The van der Waals surface area contributed by atoms with E-state index in [-0.39, 0.29) is 11.5 Å². The number of rotatable bonds is 3. The zero-order chi connectivity index (χ0) is 12.3. The molecule has 5 heteroatoms. The van der Waals surface area contributed by atoms with Gasteiger partial charge in [-0.15, -0.1) is 10.2 Å². The fraction of sp³-hybridized carbons (Fsp3) is 0.833. The van der Waals surface area contributed by atoms with E-state index in [4.69, 9.17) is 9.15 Å². The lowest BCUT2D eigenvalue weighted by atomic mass is 10.0. The molecule has 0 spiro atoms. The summed E-state index contributed by atoms with van der Waals surface area (Å²) in [7, 11) is 0. The van der Waals surface area contributed by atoms with Gasteiger partial charge < -0.3 is 14.5 Å². The van der Waals surface area contributed by atoms with Crippen molar-refractivity contribution in [2.45, 2.75) is 51.6 Å². The van der Waals surface area contributed by atoms with Crippen LogP contribution >= 0.6 is 0 Å². The summed E-state index contributed by atoms with van der Waals surface area (Å²) in [4.78, 5) is 0. The van der Waals surface area contributed by atoms with Crippen molar-refractivity contribution in [3.05, 3.63) is 11.8 Å². The average molecular weight is 239 g/mol. The fourth-order valence-electron chi connectivity index (χ4n) is 1.78. The third kappa shape index (κ3) is 3.78. The number of nitrogens with zero attached hydrogens (tertiary/aromatic N) is 2. The van der Waals surface area contributed by atoms with Gasteiger partial charge in [0.1, 0.15) is 0 Å². The summed E-state index contributed by atoms with van der Waals surface area (Å²) in [6, 6.07) is 0. The first-order chi connectivity index (χ1) is 8.04. The maximum Gasteiger partial charge on any atom is 0.230 e. The molecule has 1 fully saturated rings. The summed E-state index contributed by atoms with van der Waals surface area (Å²) in [6.45, 7) is 8.50. The molecule has 0 bridgehead atoms. The normalized spacial score (nSPS) is 21.7. The van der Waals surface area contributed by atoms with Gasteiger partial charge in [-0.2, -0.15) is 0 Å². The van der Waals surface area contributed by atoms with E-state index < -0.39 is 0 Å². The second-order valence-electron chi connectivity index (χ2n) is 5.55. The summed E-state index contributed by atoms with van der Waals surface area (Å²) < 4.78 is 11.1. The van der Waals surface area contributed by atoms with Crippen LogP contribution in [0.25, 0.3) is 0 Å². The smallest absolute Gasteiger partial charge is 0.230 e. The molecule has 96 valence electrons. The minimum Gasteiger partial charge on any atom is -0.423 e. The Balaban J connectivity index is 1.91. The molecule has 2 rings (SSSR count). The highest BCUT2D eigenvalue weighted by Gasteiger charge is 2.22. The predicted molar refractivity (Wildman–Crippen MR) is 63.7 cm³/mol. The van der Waals surface area contributed by atoms with Crippen LogP contribution in [-0.4, -0.2) is 29.0 Å². The van der Waals surface area contributed by atoms with Gasteiger partial charge in [0.05, 0.1) is 19.1 Å². The van der Waals surface area contributed by atoms with E-state index in [0.717, 1.165) is 25.3 Å². The van der Waals surface area contributed by atoms with Crippen LogP contribution < -0.4 is 5.32 Å². The Hall–Kier alpha value is -0.940. The van der Waals surface area contributed by atoms with E-state index in [2.05, 4.69) is 36.3 Å². The lowest BCUT2D eigenvalue weighted by Gasteiger charge is -2.19. The third-order valence-electron chi connectivity index (χ3n) is 2.76. The van der Waals surface area contributed by atoms with Gasteiger partial charge in [0.2, 0.25) is 11.8 Å². The van der Waals surface area contributed by atoms with Gasteiger partial charge in [-0.3, -0.25) is 0 Å². The highest BCUT2D eigenvalue weighted by molar-refractivity contribution is 4.93. The van der Waals surface area contributed by atoms with Gasteiger partial charge in [-0.1, -0.05) is 0 Å². The van der Waals surface area contributed by atoms with Crippen molar-refractivity contribution in [1.29, 1.82) is 0 Å². The summed E-state index contributed by atoms with van der Waals surface area (Å²) in [5.41, 5.74) is 0.0581. The standard InChI is InChI=1S/C12H21N3O2/c1-12(2,3)13-7-10-14-15-11(17-10)9-5-4-6-16-8-9/h9,13H,4-8H2,1-3H3. The molecule has 0 amide bonds. The van der Waals surface area contributed by atoms with E-state index in [9.17, 15) is 0 Å². The highest BCUT2D eigenvalue weighted by atomic mass is 16.5. The van der Waals surface area contributed by atoms with Crippen molar-refractivity contribution < 1.29 is 9.15 Å². The lowest BCUT2D eigenvalue weighted by Crippen LogP contribution is -2.35. The molecular weight excluding hydrogens is 218 g/mol. The molecule has 1 aliphatic rings. The second-order valence-corrected chi connectivity index (χ2v) is 5.55. The Bertz CT molecular complexity index is 351. The molecule has 17 heavy (non-hydrogen) atoms. The number of nitrogens with one attached hydrogen (secondary N) is 1. The second kappa shape index (κ2) is 5.14. The molecule has 2 heterocycles. The molecule has 1 aliphatic heterocycles. The van der Waals surface area contributed by atoms with Crippen LogP contribution in [0.4, 0.5) is 0 Å². The van der Waals surface area contributed by atoms with E-state index in [1.807, 2.05) is 0 Å². The average Bonchev–Trinajstić information content (AvgIpc) is 2.75. The predicted octanol–water partition coefficient (Wildman–Crippen LogP) is 1.85. The summed E-state index contributed by atoms with van der Waals surface area (Å²) in [5.74, 6) is 1.65. The van der Waals surface area contributed by atoms with Crippen LogP contribution in [0.5, 0.6) is 0 Å². The van der Waals surface area contributed by atoms with Crippen LogP contribution in [0.1, 0.15) is 51.3 Å². The minimum atomic E-state index is 0.0581. The van der Waals surface area contributed by atoms with Gasteiger partial charge >= 0.3 is 0 Å². The Kier molecular flexibility index (Phi) is 3.79. The van der Waals surface area contributed by atoms with Crippen LogP contribution in [0, 0.1) is 0 Å². The Morgan fingerprint density at radius 3 is 2.82 bits per heavy atom. The van der Waals surface area contributed by atoms with Gasteiger partial charge in [0, 0.05) is 12.1 Å². The van der Waals surface area contributed by atoms with E-state index >= 15 is 0 Å². The number of hydrogen-bond donors (Lipinski definition) is 1. The van der Waals surface area contributed by atoms with Crippen molar-refractivity contribution in [2.75, 3.05) is 13.2 Å². The fourth-order valence-corrected chi connectivity index (χ4v) is 1.78.